The van der Waals surface area contributed by atoms with E-state index in [0.29, 0.717) is 47.6 Å². The fourth-order valence-corrected chi connectivity index (χ4v) is 4.35. The van der Waals surface area contributed by atoms with Crippen LogP contribution in [0.4, 0.5) is 0 Å². The first-order chi connectivity index (χ1) is 15.0. The highest BCUT2D eigenvalue weighted by Crippen LogP contribution is 2.42. The lowest BCUT2D eigenvalue weighted by molar-refractivity contribution is -0.125. The molecule has 2 aromatic carbocycles. The third kappa shape index (κ3) is 4.64. The van der Waals surface area contributed by atoms with Gasteiger partial charge in [-0.05, 0) is 49.1 Å². The quantitative estimate of drug-likeness (QED) is 0.709. The first-order valence-electron chi connectivity index (χ1n) is 10.5. The number of halogens is 1. The lowest BCUT2D eigenvalue weighted by atomic mass is 9.87. The Hall–Kier alpha value is -2.73. The summed E-state index contributed by atoms with van der Waals surface area (Å²) in [6, 6.07) is 12.5. The fourth-order valence-electron chi connectivity index (χ4n) is 4.23. The van der Waals surface area contributed by atoms with Gasteiger partial charge in [-0.3, -0.25) is 9.59 Å². The van der Waals surface area contributed by atoms with Crippen molar-refractivity contribution in [3.63, 3.8) is 0 Å². The van der Waals surface area contributed by atoms with Crippen LogP contribution in [0.5, 0.6) is 11.5 Å². The molecule has 0 unspecified atom stereocenters. The first-order valence-corrected chi connectivity index (χ1v) is 10.9. The van der Waals surface area contributed by atoms with Gasteiger partial charge in [-0.1, -0.05) is 23.7 Å². The van der Waals surface area contributed by atoms with Gasteiger partial charge in [-0.15, -0.1) is 0 Å². The number of carbonyl (C=O) groups is 2. The maximum Gasteiger partial charge on any atom is 0.253 e. The number of carbonyl (C=O) groups excluding carboxylic acids is 2. The SMILES string of the molecule is COc1cccc([C@@H]2CN(C(=O)c3ccc(Cl)cc3)C[C@@H]2C(=O)NCC2CC2)c1OC. The van der Waals surface area contributed by atoms with Gasteiger partial charge in [-0.25, -0.2) is 0 Å². The molecular formula is C24H27ClN2O4. The molecule has 0 radical (unpaired) electrons. The third-order valence-corrected chi connectivity index (χ3v) is 6.38. The molecule has 0 spiro atoms. The fraction of sp³-hybridized carbons (Fsp3) is 0.417. The molecule has 2 aromatic rings. The molecule has 1 saturated carbocycles. The number of benzene rings is 2. The monoisotopic (exact) mass is 442 g/mol. The Balaban J connectivity index is 1.62. The van der Waals surface area contributed by atoms with Crippen LogP contribution in [0, 0.1) is 11.8 Å². The Morgan fingerprint density at radius 3 is 2.45 bits per heavy atom. The highest BCUT2D eigenvalue weighted by atomic mass is 35.5. The van der Waals surface area contributed by atoms with Gasteiger partial charge < -0.3 is 19.7 Å². The van der Waals surface area contributed by atoms with Gasteiger partial charge in [0.15, 0.2) is 11.5 Å². The van der Waals surface area contributed by atoms with E-state index in [0.717, 1.165) is 5.56 Å². The molecule has 31 heavy (non-hydrogen) atoms. The maximum absolute atomic E-state index is 13.2. The van der Waals surface area contributed by atoms with E-state index >= 15 is 0 Å². The number of likely N-dealkylation sites (tertiary alicyclic amines) is 1. The van der Waals surface area contributed by atoms with E-state index in [4.69, 9.17) is 21.1 Å². The Kier molecular flexibility index (Phi) is 6.37. The second-order valence-electron chi connectivity index (χ2n) is 8.20. The number of hydrogen-bond acceptors (Lipinski definition) is 4. The van der Waals surface area contributed by atoms with Crippen LogP contribution in [0.1, 0.15) is 34.7 Å². The highest BCUT2D eigenvalue weighted by molar-refractivity contribution is 6.30. The smallest absolute Gasteiger partial charge is 0.253 e. The summed E-state index contributed by atoms with van der Waals surface area (Å²) in [5.41, 5.74) is 1.43. The molecule has 1 heterocycles. The Morgan fingerprint density at radius 2 is 1.81 bits per heavy atom. The molecule has 4 rings (SSSR count). The summed E-state index contributed by atoms with van der Waals surface area (Å²) < 4.78 is 11.1. The molecule has 0 aromatic heterocycles. The van der Waals surface area contributed by atoms with Gasteiger partial charge in [0.25, 0.3) is 5.91 Å². The Morgan fingerprint density at radius 1 is 1.06 bits per heavy atom. The van der Waals surface area contributed by atoms with E-state index in [9.17, 15) is 9.59 Å². The van der Waals surface area contributed by atoms with Crippen LogP contribution < -0.4 is 14.8 Å². The van der Waals surface area contributed by atoms with Crippen LogP contribution in [0.25, 0.3) is 0 Å². The van der Waals surface area contributed by atoms with E-state index in [1.807, 2.05) is 18.2 Å². The molecule has 2 aliphatic rings. The van der Waals surface area contributed by atoms with Crippen molar-refractivity contribution in [3.05, 3.63) is 58.6 Å². The van der Waals surface area contributed by atoms with Crippen molar-refractivity contribution >= 4 is 23.4 Å². The van der Waals surface area contributed by atoms with Gasteiger partial charge in [0.1, 0.15) is 0 Å². The molecule has 0 bridgehead atoms. The summed E-state index contributed by atoms with van der Waals surface area (Å²) in [5.74, 6) is 1.11. The molecular weight excluding hydrogens is 416 g/mol. The molecule has 1 aliphatic carbocycles. The van der Waals surface area contributed by atoms with Crippen LogP contribution in [0.15, 0.2) is 42.5 Å². The Labute approximate surface area is 187 Å². The number of nitrogens with one attached hydrogen (secondary N) is 1. The predicted octanol–water partition coefficient (Wildman–Crippen LogP) is 3.74. The van der Waals surface area contributed by atoms with Gasteiger partial charge in [-0.2, -0.15) is 0 Å². The van der Waals surface area contributed by atoms with Crippen LogP contribution in [0.2, 0.25) is 5.02 Å². The second-order valence-corrected chi connectivity index (χ2v) is 8.64. The van der Waals surface area contributed by atoms with E-state index in [-0.39, 0.29) is 23.7 Å². The summed E-state index contributed by atoms with van der Waals surface area (Å²) >= 11 is 5.97. The van der Waals surface area contributed by atoms with Gasteiger partial charge in [0, 0.05) is 41.7 Å². The summed E-state index contributed by atoms with van der Waals surface area (Å²) in [6.07, 6.45) is 2.33. The Bertz CT molecular complexity index is 959. The molecule has 7 heteroatoms. The molecule has 1 saturated heterocycles. The lowest BCUT2D eigenvalue weighted by Gasteiger charge is -2.21. The molecule has 2 fully saturated rings. The summed E-state index contributed by atoms with van der Waals surface area (Å²) in [4.78, 5) is 28.0. The molecule has 2 atom stereocenters. The van der Waals surface area contributed by atoms with Crippen LogP contribution in [0.3, 0.4) is 0 Å². The van der Waals surface area contributed by atoms with Gasteiger partial charge in [0.2, 0.25) is 5.91 Å². The number of methoxy groups -OCH3 is 2. The van der Waals surface area contributed by atoms with E-state index < -0.39 is 0 Å². The van der Waals surface area contributed by atoms with E-state index in [1.54, 1.807) is 43.4 Å². The largest absolute Gasteiger partial charge is 0.493 e. The van der Waals surface area contributed by atoms with Gasteiger partial charge in [0.05, 0.1) is 20.1 Å². The van der Waals surface area contributed by atoms with Crippen molar-refractivity contribution in [2.75, 3.05) is 33.9 Å². The summed E-state index contributed by atoms with van der Waals surface area (Å²) in [5, 5.41) is 3.67. The van der Waals surface area contributed by atoms with Gasteiger partial charge >= 0.3 is 0 Å². The number of amides is 2. The minimum atomic E-state index is -0.365. The topological polar surface area (TPSA) is 67.9 Å². The average Bonchev–Trinajstić information content (AvgIpc) is 3.52. The van der Waals surface area contributed by atoms with Crippen molar-refractivity contribution in [2.45, 2.75) is 18.8 Å². The first kappa shape index (κ1) is 21.5. The summed E-state index contributed by atoms with van der Waals surface area (Å²) in [6.45, 7) is 1.47. The maximum atomic E-state index is 13.2. The number of nitrogens with zero attached hydrogens (tertiary/aromatic N) is 1. The van der Waals surface area contributed by atoms with E-state index in [2.05, 4.69) is 5.32 Å². The van der Waals surface area contributed by atoms with Crippen LogP contribution >= 0.6 is 11.6 Å². The second kappa shape index (κ2) is 9.18. The third-order valence-electron chi connectivity index (χ3n) is 6.13. The average molecular weight is 443 g/mol. The van der Waals surface area contributed by atoms with Crippen LogP contribution in [-0.2, 0) is 4.79 Å². The van der Waals surface area contributed by atoms with Crippen molar-refractivity contribution in [1.82, 2.24) is 10.2 Å². The lowest BCUT2D eigenvalue weighted by Crippen LogP contribution is -2.36. The zero-order valence-corrected chi connectivity index (χ0v) is 18.5. The normalized spacial score (nSPS) is 20.4. The number of hydrogen-bond donors (Lipinski definition) is 1. The zero-order chi connectivity index (χ0) is 22.0. The highest BCUT2D eigenvalue weighted by Gasteiger charge is 2.42. The van der Waals surface area contributed by atoms with E-state index in [1.165, 1.54) is 12.8 Å². The molecule has 1 aliphatic heterocycles. The minimum Gasteiger partial charge on any atom is -0.493 e. The molecule has 1 N–H and O–H groups in total. The molecule has 6 nitrogen and oxygen atoms in total. The number of rotatable bonds is 7. The number of para-hydroxylation sites is 1. The molecule has 164 valence electrons. The standard InChI is InChI=1S/C24H27ClN2O4/c1-30-21-5-3-4-18(22(21)31-2)19-13-27(24(29)16-8-10-17(25)11-9-16)14-20(19)23(28)26-12-15-6-7-15/h3-5,8-11,15,19-20H,6-7,12-14H2,1-2H3,(H,26,28)/t19-,20-/m0/s1. The minimum absolute atomic E-state index is 0.0202. The zero-order valence-electron chi connectivity index (χ0n) is 17.8. The number of ether oxygens (including phenoxy) is 2. The van der Waals surface area contributed by atoms with Crippen LogP contribution in [-0.4, -0.2) is 50.6 Å². The van der Waals surface area contributed by atoms with Crippen molar-refractivity contribution in [2.24, 2.45) is 11.8 Å². The summed E-state index contributed by atoms with van der Waals surface area (Å²) in [7, 11) is 3.18. The van der Waals surface area contributed by atoms with Crippen molar-refractivity contribution < 1.29 is 19.1 Å². The van der Waals surface area contributed by atoms with Crippen molar-refractivity contribution in [1.29, 1.82) is 0 Å². The van der Waals surface area contributed by atoms with Crippen molar-refractivity contribution in [3.8, 4) is 11.5 Å². The molecule has 2 amide bonds. The predicted molar refractivity (Wildman–Crippen MR) is 119 cm³/mol.